The lowest BCUT2D eigenvalue weighted by Crippen LogP contribution is -2.53. The Labute approximate surface area is 347 Å². The van der Waals surface area contributed by atoms with Crippen LogP contribution >= 0.6 is 11.6 Å². The van der Waals surface area contributed by atoms with Gasteiger partial charge in [-0.1, -0.05) is 84.8 Å². The van der Waals surface area contributed by atoms with Crippen molar-refractivity contribution in [3.63, 3.8) is 0 Å². The first-order chi connectivity index (χ1) is 28.1. The largest absolute Gasteiger partial charge is 0.453 e. The Morgan fingerprint density at radius 2 is 1.78 bits per heavy atom. The molecule has 8 rings (SSSR count). The number of carbonyl (C=O) groups excluding carboxylic acids is 1. The number of nitrogens with zero attached hydrogens (tertiary/aromatic N) is 1. The Balaban J connectivity index is 1.29. The van der Waals surface area contributed by atoms with Crippen LogP contribution in [0.25, 0.3) is 22.1 Å². The van der Waals surface area contributed by atoms with E-state index in [1.54, 1.807) is 6.07 Å². The van der Waals surface area contributed by atoms with Gasteiger partial charge in [-0.2, -0.15) is 13.2 Å². The molecule has 4 N–H and O–H groups in total. The summed E-state index contributed by atoms with van der Waals surface area (Å²) in [5.74, 6) is -0.869. The molecule has 7 nitrogen and oxygen atoms in total. The van der Waals surface area contributed by atoms with Crippen LogP contribution < -0.4 is 0 Å². The van der Waals surface area contributed by atoms with Crippen LogP contribution in [0.3, 0.4) is 0 Å². The third-order valence-electron chi connectivity index (χ3n) is 12.7. The van der Waals surface area contributed by atoms with Crippen LogP contribution in [-0.4, -0.2) is 68.6 Å². The molecule has 0 radical (unpaired) electrons. The molecule has 312 valence electrons. The SMILES string of the molecule is CC1=CCCC2(C)C(CCC2(O)CN(Cc2cccc3ccccc23)CC(O)CO)c2ccc(cc2C(=O)c2ccc(-c3cc(C(F)(F)F)ccc3Cl)o2)CC(O)CC1. The van der Waals surface area contributed by atoms with Gasteiger partial charge in [0.15, 0.2) is 5.76 Å². The molecular weight excluding hydrogens is 779 g/mol. The van der Waals surface area contributed by atoms with Gasteiger partial charge in [0, 0.05) is 36.2 Å². The number of rotatable bonds is 10. The predicted octanol–water partition coefficient (Wildman–Crippen LogP) is 9.90. The summed E-state index contributed by atoms with van der Waals surface area (Å²) in [5, 5.41) is 47.0. The van der Waals surface area contributed by atoms with Crippen LogP contribution in [0.5, 0.6) is 0 Å². The molecule has 4 aromatic carbocycles. The first kappa shape index (κ1) is 42.8. The van der Waals surface area contributed by atoms with Gasteiger partial charge in [0.1, 0.15) is 5.76 Å². The molecular formula is C48H51ClF3NO6. The standard InChI is InChI=1S/C48H51ClF3NO6/c1-30-7-6-21-46(2)41(20-22-47(46,58)29-53(27-36(56)28-54)26-33-10-5-9-32-8-3-4-11-37(32)33)38-16-13-31(23-35(55)15-12-30)24-39(38)45(57)44-19-18-43(59-44)40-25-34(48(50,51)52)14-17-42(40)49/h3-5,7-11,13-14,16-19,24-25,35-36,41,54-56,58H,6,12,15,20-23,26-29H2,1-2H3. The summed E-state index contributed by atoms with van der Waals surface area (Å²) in [6, 6.07) is 25.5. The van der Waals surface area contributed by atoms with Crippen LogP contribution in [-0.2, 0) is 19.1 Å². The van der Waals surface area contributed by atoms with Crippen molar-refractivity contribution in [2.45, 2.75) is 95.2 Å². The van der Waals surface area contributed by atoms with Crippen molar-refractivity contribution < 1.29 is 42.8 Å². The van der Waals surface area contributed by atoms with Gasteiger partial charge < -0.3 is 24.8 Å². The second kappa shape index (κ2) is 17.4. The number of furan rings is 1. The van der Waals surface area contributed by atoms with E-state index in [9.17, 15) is 38.4 Å². The van der Waals surface area contributed by atoms with E-state index >= 15 is 0 Å². The van der Waals surface area contributed by atoms with Crippen LogP contribution in [0, 0.1) is 5.41 Å². The zero-order valence-electron chi connectivity index (χ0n) is 33.3. The fourth-order valence-corrected chi connectivity index (χ4v) is 9.62. The molecule has 0 aliphatic heterocycles. The number of hydrogen-bond donors (Lipinski definition) is 4. The zero-order valence-corrected chi connectivity index (χ0v) is 34.1. The Kier molecular flexibility index (Phi) is 12.6. The fourth-order valence-electron chi connectivity index (χ4n) is 9.41. The number of aliphatic hydroxyl groups is 4. The molecule has 1 saturated carbocycles. The van der Waals surface area contributed by atoms with Gasteiger partial charge in [-0.25, -0.2) is 0 Å². The molecule has 5 atom stereocenters. The third kappa shape index (κ3) is 9.09. The molecule has 2 bridgehead atoms. The topological polar surface area (TPSA) is 114 Å². The summed E-state index contributed by atoms with van der Waals surface area (Å²) < 4.78 is 46.9. The second-order valence-electron chi connectivity index (χ2n) is 16.8. The quantitative estimate of drug-likeness (QED) is 0.0819. The average molecular weight is 830 g/mol. The number of ketones is 1. The molecule has 1 heterocycles. The van der Waals surface area contributed by atoms with Crippen molar-refractivity contribution in [2.75, 3.05) is 19.7 Å². The monoisotopic (exact) mass is 829 g/mol. The van der Waals surface area contributed by atoms with E-state index in [-0.39, 0.29) is 41.1 Å². The molecule has 0 spiro atoms. The van der Waals surface area contributed by atoms with E-state index in [1.165, 1.54) is 12.1 Å². The zero-order chi connectivity index (χ0) is 42.1. The van der Waals surface area contributed by atoms with Crippen LogP contribution in [0.2, 0.25) is 5.02 Å². The molecule has 0 saturated heterocycles. The summed E-state index contributed by atoms with van der Waals surface area (Å²) in [4.78, 5) is 16.7. The number of allylic oxidation sites excluding steroid dienone is 2. The van der Waals surface area contributed by atoms with Crippen LogP contribution in [0.1, 0.15) is 96.7 Å². The van der Waals surface area contributed by atoms with Gasteiger partial charge in [0.25, 0.3) is 0 Å². The molecule has 1 aromatic heterocycles. The minimum Gasteiger partial charge on any atom is -0.453 e. The Bertz CT molecular complexity index is 2330. The van der Waals surface area contributed by atoms with E-state index in [1.807, 2.05) is 53.4 Å². The van der Waals surface area contributed by atoms with Crippen molar-refractivity contribution in [1.29, 1.82) is 0 Å². The molecule has 5 unspecified atom stereocenters. The van der Waals surface area contributed by atoms with Gasteiger partial charge in [0.2, 0.25) is 5.78 Å². The molecule has 11 heteroatoms. The summed E-state index contributed by atoms with van der Waals surface area (Å²) in [6.07, 6.45) is -0.501. The van der Waals surface area contributed by atoms with Gasteiger partial charge >= 0.3 is 6.18 Å². The Morgan fingerprint density at radius 1 is 1.00 bits per heavy atom. The lowest BCUT2D eigenvalue weighted by atomic mass is 9.64. The van der Waals surface area contributed by atoms with Gasteiger partial charge in [-0.15, -0.1) is 0 Å². The predicted molar refractivity (Wildman–Crippen MR) is 223 cm³/mol. The van der Waals surface area contributed by atoms with Crippen molar-refractivity contribution in [3.05, 3.63) is 141 Å². The number of alkyl halides is 3. The first-order valence-corrected chi connectivity index (χ1v) is 20.6. The number of halogens is 4. The summed E-state index contributed by atoms with van der Waals surface area (Å²) in [5.41, 5.74) is 0.945. The van der Waals surface area contributed by atoms with E-state index in [0.29, 0.717) is 62.6 Å². The summed E-state index contributed by atoms with van der Waals surface area (Å²) >= 11 is 6.34. The van der Waals surface area contributed by atoms with Crippen molar-refractivity contribution in [2.24, 2.45) is 5.41 Å². The first-order valence-electron chi connectivity index (χ1n) is 20.3. The number of carbonyl (C=O) groups is 1. The van der Waals surface area contributed by atoms with Gasteiger partial charge in [0.05, 0.1) is 35.0 Å². The molecule has 3 aliphatic carbocycles. The third-order valence-corrected chi connectivity index (χ3v) is 13.1. The molecule has 3 aliphatic rings. The van der Waals surface area contributed by atoms with E-state index in [4.69, 9.17) is 16.0 Å². The maximum Gasteiger partial charge on any atom is 0.416 e. The number of fused-ring (bicyclic) bond motifs is 9. The van der Waals surface area contributed by atoms with Crippen molar-refractivity contribution >= 4 is 28.2 Å². The lowest BCUT2D eigenvalue weighted by Gasteiger charge is -2.46. The van der Waals surface area contributed by atoms with Crippen molar-refractivity contribution in [1.82, 2.24) is 4.90 Å². The van der Waals surface area contributed by atoms with Gasteiger partial charge in [-0.3, -0.25) is 9.69 Å². The maximum absolute atomic E-state index is 14.7. The minimum atomic E-state index is -4.61. The summed E-state index contributed by atoms with van der Waals surface area (Å²) in [6.45, 7) is 4.42. The minimum absolute atomic E-state index is 0.00301. The Morgan fingerprint density at radius 3 is 2.56 bits per heavy atom. The second-order valence-corrected chi connectivity index (χ2v) is 17.2. The highest BCUT2D eigenvalue weighted by Crippen LogP contribution is 2.59. The number of aliphatic hydroxyl groups excluding tert-OH is 3. The average Bonchev–Trinajstić information content (AvgIpc) is 3.79. The number of hydrogen-bond acceptors (Lipinski definition) is 7. The van der Waals surface area contributed by atoms with Crippen LogP contribution in [0.15, 0.2) is 107 Å². The highest BCUT2D eigenvalue weighted by atomic mass is 35.5. The van der Waals surface area contributed by atoms with E-state index < -0.39 is 47.4 Å². The van der Waals surface area contributed by atoms with Crippen molar-refractivity contribution in [3.8, 4) is 11.3 Å². The Hall–Kier alpha value is -4.29. The molecule has 59 heavy (non-hydrogen) atoms. The molecule has 0 amide bonds. The normalized spacial score (nSPS) is 23.3. The number of benzene rings is 4. The smallest absolute Gasteiger partial charge is 0.416 e. The fraction of sp³-hybridized carbons (Fsp3) is 0.396. The van der Waals surface area contributed by atoms with E-state index in [0.717, 1.165) is 45.7 Å². The van der Waals surface area contributed by atoms with Crippen LogP contribution in [0.4, 0.5) is 13.2 Å². The lowest BCUT2D eigenvalue weighted by molar-refractivity contribution is -0.137. The highest BCUT2D eigenvalue weighted by molar-refractivity contribution is 6.33. The summed E-state index contributed by atoms with van der Waals surface area (Å²) in [7, 11) is 0. The van der Waals surface area contributed by atoms with E-state index in [2.05, 4.69) is 26.0 Å². The molecule has 5 aromatic rings. The highest BCUT2D eigenvalue weighted by Gasteiger charge is 2.57. The maximum atomic E-state index is 14.7. The molecule has 1 fully saturated rings. The van der Waals surface area contributed by atoms with Gasteiger partial charge in [-0.05, 0) is 122 Å².